The second kappa shape index (κ2) is 6.19. The number of nitrogens with two attached hydrogens (primary N) is 1. The van der Waals surface area contributed by atoms with Crippen molar-refractivity contribution in [2.45, 2.75) is 24.5 Å². The first-order chi connectivity index (χ1) is 7.54. The van der Waals surface area contributed by atoms with E-state index in [1.54, 1.807) is 11.8 Å². The molecule has 1 aliphatic rings. The van der Waals surface area contributed by atoms with E-state index in [4.69, 9.17) is 23.1 Å². The first kappa shape index (κ1) is 14.2. The number of thiocarbonyl (C=S) groups is 1. The van der Waals surface area contributed by atoms with Crippen LogP contribution in [-0.2, 0) is 0 Å². The molecule has 5 heteroatoms. The molecule has 1 fully saturated rings. The maximum Gasteiger partial charge on any atom is 0.0891 e. The Labute approximate surface area is 108 Å². The number of hydrogen-bond acceptors (Lipinski definition) is 4. The summed E-state index contributed by atoms with van der Waals surface area (Å²) in [4.78, 5) is 3.04. The summed E-state index contributed by atoms with van der Waals surface area (Å²) in [6.45, 7) is 5.37. The minimum Gasteiger partial charge on any atom is -0.396 e. The Morgan fingerprint density at radius 1 is 1.56 bits per heavy atom. The van der Waals surface area contributed by atoms with E-state index >= 15 is 0 Å². The number of aliphatic hydroxyl groups is 1. The molecular weight excluding hydrogens is 240 g/mol. The molecule has 0 amide bonds. The quantitative estimate of drug-likeness (QED) is 0.727. The van der Waals surface area contributed by atoms with Gasteiger partial charge in [0.2, 0.25) is 0 Å². The highest BCUT2D eigenvalue weighted by atomic mass is 32.2. The van der Waals surface area contributed by atoms with Gasteiger partial charge in [-0.15, -0.1) is 0 Å². The average Bonchev–Trinajstić information content (AvgIpc) is 2.29. The van der Waals surface area contributed by atoms with E-state index in [9.17, 15) is 0 Å². The third-order valence-electron chi connectivity index (χ3n) is 3.39. The lowest BCUT2D eigenvalue weighted by molar-refractivity contribution is 0.152. The van der Waals surface area contributed by atoms with Gasteiger partial charge in [-0.2, -0.15) is 11.8 Å². The molecule has 1 atom stereocenters. The summed E-state index contributed by atoms with van der Waals surface area (Å²) in [5.74, 6) is 0.353. The van der Waals surface area contributed by atoms with Crippen LogP contribution in [0.3, 0.4) is 0 Å². The van der Waals surface area contributed by atoms with Crippen LogP contribution < -0.4 is 5.73 Å². The minimum absolute atomic E-state index is 0.00822. The van der Waals surface area contributed by atoms with Crippen LogP contribution in [0.4, 0.5) is 0 Å². The van der Waals surface area contributed by atoms with E-state index in [-0.39, 0.29) is 11.4 Å². The maximum absolute atomic E-state index is 9.03. The fourth-order valence-corrected chi connectivity index (χ4v) is 3.39. The standard InChI is InChI=1S/C11H22N2OS2/c1-9(8-14)7-13-5-3-11(16-2,4-6-13)10(12)15/h9,14H,3-8H2,1-2H3,(H2,12,15). The van der Waals surface area contributed by atoms with Crippen LogP contribution in [-0.4, -0.2) is 52.2 Å². The molecule has 3 nitrogen and oxygen atoms in total. The number of aliphatic hydroxyl groups excluding tert-OH is 1. The summed E-state index contributed by atoms with van der Waals surface area (Å²) in [6, 6.07) is 0. The molecule has 0 aromatic carbocycles. The lowest BCUT2D eigenvalue weighted by Gasteiger charge is -2.40. The molecule has 1 heterocycles. The minimum atomic E-state index is 0.00822. The first-order valence-corrected chi connectivity index (χ1v) is 7.35. The lowest BCUT2D eigenvalue weighted by atomic mass is 9.95. The van der Waals surface area contributed by atoms with Crippen LogP contribution in [0.1, 0.15) is 19.8 Å². The second-order valence-corrected chi connectivity index (χ2v) is 6.28. The normalized spacial score (nSPS) is 22.9. The Kier molecular flexibility index (Phi) is 5.50. The van der Waals surface area contributed by atoms with Gasteiger partial charge in [0.25, 0.3) is 0 Å². The van der Waals surface area contributed by atoms with E-state index in [0.717, 1.165) is 32.5 Å². The molecular formula is C11H22N2OS2. The van der Waals surface area contributed by atoms with Crippen molar-refractivity contribution in [3.05, 3.63) is 0 Å². The molecule has 0 spiro atoms. The van der Waals surface area contributed by atoms with E-state index < -0.39 is 0 Å². The summed E-state index contributed by atoms with van der Waals surface area (Å²) in [5.41, 5.74) is 5.84. The van der Waals surface area contributed by atoms with Crippen molar-refractivity contribution in [3.8, 4) is 0 Å². The highest BCUT2D eigenvalue weighted by Gasteiger charge is 2.36. The zero-order valence-electron chi connectivity index (χ0n) is 10.1. The summed E-state index contributed by atoms with van der Waals surface area (Å²) in [5, 5.41) is 9.03. The van der Waals surface area contributed by atoms with Crippen molar-refractivity contribution in [1.82, 2.24) is 4.90 Å². The first-order valence-electron chi connectivity index (χ1n) is 5.72. The SMILES string of the molecule is CSC1(C(N)=S)CCN(CC(C)CO)CC1. The highest BCUT2D eigenvalue weighted by molar-refractivity contribution is 8.01. The highest BCUT2D eigenvalue weighted by Crippen LogP contribution is 2.34. The Morgan fingerprint density at radius 2 is 2.12 bits per heavy atom. The van der Waals surface area contributed by atoms with Crippen LogP contribution in [0.15, 0.2) is 0 Å². The Balaban J connectivity index is 2.46. The van der Waals surface area contributed by atoms with Crippen molar-refractivity contribution >= 4 is 29.0 Å². The lowest BCUT2D eigenvalue weighted by Crippen LogP contribution is -2.50. The predicted molar refractivity (Wildman–Crippen MR) is 75.0 cm³/mol. The number of nitrogens with zero attached hydrogens (tertiary/aromatic N) is 1. The van der Waals surface area contributed by atoms with Gasteiger partial charge in [-0.3, -0.25) is 0 Å². The number of thioether (sulfide) groups is 1. The van der Waals surface area contributed by atoms with Crippen molar-refractivity contribution in [1.29, 1.82) is 0 Å². The fraction of sp³-hybridized carbons (Fsp3) is 0.909. The van der Waals surface area contributed by atoms with E-state index in [1.807, 2.05) is 0 Å². The van der Waals surface area contributed by atoms with Crippen molar-refractivity contribution in [2.75, 3.05) is 32.5 Å². The third-order valence-corrected chi connectivity index (χ3v) is 5.31. The monoisotopic (exact) mass is 262 g/mol. The molecule has 16 heavy (non-hydrogen) atoms. The average molecular weight is 262 g/mol. The largest absolute Gasteiger partial charge is 0.396 e. The van der Waals surface area contributed by atoms with Crippen molar-refractivity contribution < 1.29 is 5.11 Å². The zero-order valence-corrected chi connectivity index (χ0v) is 11.7. The smallest absolute Gasteiger partial charge is 0.0891 e. The van der Waals surface area contributed by atoms with Crippen LogP contribution >= 0.6 is 24.0 Å². The summed E-state index contributed by atoms with van der Waals surface area (Å²) >= 11 is 6.96. The van der Waals surface area contributed by atoms with E-state index in [0.29, 0.717) is 10.9 Å². The second-order valence-electron chi connectivity index (χ2n) is 4.65. The molecule has 1 aliphatic heterocycles. The molecule has 1 unspecified atom stereocenters. The van der Waals surface area contributed by atoms with Crippen LogP contribution in [0, 0.1) is 5.92 Å². The molecule has 3 N–H and O–H groups in total. The van der Waals surface area contributed by atoms with Gasteiger partial charge in [-0.05, 0) is 38.1 Å². The van der Waals surface area contributed by atoms with Gasteiger partial charge in [-0.25, -0.2) is 0 Å². The van der Waals surface area contributed by atoms with E-state index in [1.165, 1.54) is 0 Å². The fourth-order valence-electron chi connectivity index (χ4n) is 2.15. The maximum atomic E-state index is 9.03. The van der Waals surface area contributed by atoms with Gasteiger partial charge >= 0.3 is 0 Å². The zero-order chi connectivity index (χ0) is 12.2. The molecule has 0 bridgehead atoms. The number of likely N-dealkylation sites (tertiary alicyclic amines) is 1. The molecule has 0 aromatic heterocycles. The van der Waals surface area contributed by atoms with Gasteiger partial charge in [0, 0.05) is 13.2 Å². The molecule has 1 rings (SSSR count). The van der Waals surface area contributed by atoms with Crippen LogP contribution in [0.2, 0.25) is 0 Å². The van der Waals surface area contributed by atoms with Gasteiger partial charge in [0.05, 0.1) is 9.74 Å². The van der Waals surface area contributed by atoms with Crippen LogP contribution in [0.25, 0.3) is 0 Å². The molecule has 94 valence electrons. The molecule has 0 aromatic rings. The molecule has 0 aliphatic carbocycles. The van der Waals surface area contributed by atoms with E-state index in [2.05, 4.69) is 18.1 Å². The molecule has 0 radical (unpaired) electrons. The molecule has 0 saturated carbocycles. The number of hydrogen-bond donors (Lipinski definition) is 2. The Bertz CT molecular complexity index is 240. The van der Waals surface area contributed by atoms with Crippen molar-refractivity contribution in [3.63, 3.8) is 0 Å². The van der Waals surface area contributed by atoms with Gasteiger partial charge in [0.15, 0.2) is 0 Å². The van der Waals surface area contributed by atoms with Gasteiger partial charge in [-0.1, -0.05) is 19.1 Å². The van der Waals surface area contributed by atoms with Gasteiger partial charge < -0.3 is 15.7 Å². The Hall–Kier alpha value is 0.160. The van der Waals surface area contributed by atoms with Crippen LogP contribution in [0.5, 0.6) is 0 Å². The topological polar surface area (TPSA) is 49.5 Å². The molecule has 1 saturated heterocycles. The predicted octanol–water partition coefficient (Wildman–Crippen LogP) is 1.10. The summed E-state index contributed by atoms with van der Waals surface area (Å²) in [7, 11) is 0. The van der Waals surface area contributed by atoms with Gasteiger partial charge in [0.1, 0.15) is 0 Å². The Morgan fingerprint density at radius 3 is 2.50 bits per heavy atom. The number of piperidine rings is 1. The third kappa shape index (κ3) is 3.32. The number of rotatable bonds is 5. The van der Waals surface area contributed by atoms with Crippen molar-refractivity contribution in [2.24, 2.45) is 11.7 Å². The summed E-state index contributed by atoms with van der Waals surface area (Å²) < 4.78 is 0.00822. The summed E-state index contributed by atoms with van der Waals surface area (Å²) in [6.07, 6.45) is 4.15.